The summed E-state index contributed by atoms with van der Waals surface area (Å²) in [5.74, 6) is 1.24. The fourth-order valence-corrected chi connectivity index (χ4v) is 2.50. The number of phenolic OH excluding ortho intramolecular Hbond substituents is 1. The molecule has 0 radical (unpaired) electrons. The van der Waals surface area contributed by atoms with Crippen LogP contribution in [0.4, 0.5) is 0 Å². The molecule has 0 saturated carbocycles. The summed E-state index contributed by atoms with van der Waals surface area (Å²) in [6.45, 7) is 4.87. The molecular weight excluding hydrogens is 262 g/mol. The van der Waals surface area contributed by atoms with Gasteiger partial charge >= 0.3 is 0 Å². The van der Waals surface area contributed by atoms with Crippen molar-refractivity contribution in [2.24, 2.45) is 0 Å². The van der Waals surface area contributed by atoms with Crippen molar-refractivity contribution < 1.29 is 9.84 Å². The number of hydrogen-bond donors (Lipinski definition) is 1. The van der Waals surface area contributed by atoms with Crippen molar-refractivity contribution in [2.75, 3.05) is 14.2 Å². The maximum absolute atomic E-state index is 9.99. The predicted octanol–water partition coefficient (Wildman–Crippen LogP) is 3.90. The molecule has 1 atom stereocenters. The molecule has 1 unspecified atom stereocenters. The minimum Gasteiger partial charge on any atom is -0.508 e. The van der Waals surface area contributed by atoms with Crippen LogP contribution in [0, 0.1) is 6.92 Å². The third-order valence-electron chi connectivity index (χ3n) is 3.90. The van der Waals surface area contributed by atoms with Crippen LogP contribution in [-0.4, -0.2) is 24.2 Å². The number of phenols is 1. The van der Waals surface area contributed by atoms with E-state index < -0.39 is 0 Å². The molecule has 3 nitrogen and oxygen atoms in total. The van der Waals surface area contributed by atoms with Gasteiger partial charge in [0.2, 0.25) is 0 Å². The van der Waals surface area contributed by atoms with E-state index in [4.69, 9.17) is 4.74 Å². The Morgan fingerprint density at radius 3 is 2.62 bits per heavy atom. The number of aromatic hydroxyl groups is 1. The average molecular weight is 285 g/mol. The molecule has 0 amide bonds. The Hall–Kier alpha value is -2.00. The van der Waals surface area contributed by atoms with Crippen LogP contribution >= 0.6 is 0 Å². The fourth-order valence-electron chi connectivity index (χ4n) is 2.50. The van der Waals surface area contributed by atoms with Crippen molar-refractivity contribution in [1.82, 2.24) is 4.90 Å². The number of hydrogen-bond acceptors (Lipinski definition) is 3. The van der Waals surface area contributed by atoms with E-state index in [2.05, 4.69) is 24.9 Å². The highest BCUT2D eigenvalue weighted by Gasteiger charge is 2.17. The molecule has 1 N–H and O–H groups in total. The van der Waals surface area contributed by atoms with Gasteiger partial charge in [-0.3, -0.25) is 4.90 Å². The first-order valence-corrected chi connectivity index (χ1v) is 7.14. The molecule has 0 bridgehead atoms. The first-order valence-electron chi connectivity index (χ1n) is 7.14. The van der Waals surface area contributed by atoms with Crippen LogP contribution < -0.4 is 4.74 Å². The monoisotopic (exact) mass is 285 g/mol. The summed E-state index contributed by atoms with van der Waals surface area (Å²) in [4.78, 5) is 2.20. The highest BCUT2D eigenvalue weighted by molar-refractivity contribution is 5.37. The molecule has 0 aliphatic heterocycles. The standard InChI is InChI=1S/C18H23NO2/c1-13-9-10-17(20)15(11-13)12-19(3)14(2)16-7-5-6-8-18(16)21-4/h5-11,14,20H,12H2,1-4H3. The lowest BCUT2D eigenvalue weighted by molar-refractivity contribution is 0.244. The van der Waals surface area contributed by atoms with Gasteiger partial charge in [0.15, 0.2) is 0 Å². The third kappa shape index (κ3) is 3.56. The lowest BCUT2D eigenvalue weighted by Gasteiger charge is -2.26. The third-order valence-corrected chi connectivity index (χ3v) is 3.90. The van der Waals surface area contributed by atoms with Gasteiger partial charge in [0, 0.05) is 23.7 Å². The number of aryl methyl sites for hydroxylation is 1. The molecule has 0 aliphatic rings. The fraction of sp³-hybridized carbons (Fsp3) is 0.333. The Morgan fingerprint density at radius 2 is 1.90 bits per heavy atom. The van der Waals surface area contributed by atoms with Crippen LogP contribution in [0.25, 0.3) is 0 Å². The molecule has 0 heterocycles. The molecule has 0 aliphatic carbocycles. The molecule has 0 aromatic heterocycles. The molecular formula is C18H23NO2. The van der Waals surface area contributed by atoms with Crippen LogP contribution in [0.5, 0.6) is 11.5 Å². The molecule has 21 heavy (non-hydrogen) atoms. The van der Waals surface area contributed by atoms with Crippen molar-refractivity contribution in [3.8, 4) is 11.5 Å². The molecule has 3 heteroatoms. The molecule has 0 spiro atoms. The maximum Gasteiger partial charge on any atom is 0.123 e. The van der Waals surface area contributed by atoms with E-state index in [1.165, 1.54) is 0 Å². The lowest BCUT2D eigenvalue weighted by atomic mass is 10.0. The summed E-state index contributed by atoms with van der Waals surface area (Å²) < 4.78 is 5.43. The normalized spacial score (nSPS) is 12.4. The van der Waals surface area contributed by atoms with Crippen LogP contribution in [0.1, 0.15) is 29.7 Å². The Labute approximate surface area is 126 Å². The Morgan fingerprint density at radius 1 is 1.19 bits per heavy atom. The minimum atomic E-state index is 0.195. The SMILES string of the molecule is COc1ccccc1C(C)N(C)Cc1cc(C)ccc1O. The van der Waals surface area contributed by atoms with E-state index in [-0.39, 0.29) is 6.04 Å². The van der Waals surface area contributed by atoms with Gasteiger partial charge < -0.3 is 9.84 Å². The quantitative estimate of drug-likeness (QED) is 0.904. The number of ether oxygens (including phenoxy) is 1. The van der Waals surface area contributed by atoms with Gasteiger partial charge in [0.1, 0.15) is 11.5 Å². The van der Waals surface area contributed by atoms with Crippen LogP contribution in [0.15, 0.2) is 42.5 Å². The van der Waals surface area contributed by atoms with Crippen LogP contribution in [0.2, 0.25) is 0 Å². The number of nitrogens with zero attached hydrogens (tertiary/aromatic N) is 1. The van der Waals surface area contributed by atoms with E-state index in [0.717, 1.165) is 22.4 Å². The Balaban J connectivity index is 2.19. The highest BCUT2D eigenvalue weighted by atomic mass is 16.5. The lowest BCUT2D eigenvalue weighted by Crippen LogP contribution is -2.22. The average Bonchev–Trinajstić information content (AvgIpc) is 2.50. The van der Waals surface area contributed by atoms with E-state index in [9.17, 15) is 5.11 Å². The second kappa shape index (κ2) is 6.64. The Bertz CT molecular complexity index is 610. The number of rotatable bonds is 5. The largest absolute Gasteiger partial charge is 0.508 e. The summed E-state index contributed by atoms with van der Waals surface area (Å²) in [6, 6.07) is 13.9. The number of methoxy groups -OCH3 is 1. The zero-order valence-corrected chi connectivity index (χ0v) is 13.1. The van der Waals surface area contributed by atoms with E-state index in [1.807, 2.05) is 37.3 Å². The zero-order valence-electron chi connectivity index (χ0n) is 13.1. The summed E-state index contributed by atoms with van der Waals surface area (Å²) in [5.41, 5.74) is 3.25. The Kier molecular flexibility index (Phi) is 4.86. The van der Waals surface area contributed by atoms with Crippen LogP contribution in [-0.2, 0) is 6.54 Å². The number of para-hydroxylation sites is 1. The second-order valence-electron chi connectivity index (χ2n) is 5.47. The van der Waals surface area contributed by atoms with Crippen LogP contribution in [0.3, 0.4) is 0 Å². The molecule has 2 aromatic carbocycles. The van der Waals surface area contributed by atoms with Crippen molar-refractivity contribution in [3.05, 3.63) is 59.2 Å². The van der Waals surface area contributed by atoms with Gasteiger partial charge in [-0.05, 0) is 33.0 Å². The van der Waals surface area contributed by atoms with Crippen molar-refractivity contribution in [2.45, 2.75) is 26.4 Å². The summed E-state index contributed by atoms with van der Waals surface area (Å²) in [7, 11) is 3.75. The van der Waals surface area contributed by atoms with Gasteiger partial charge in [0.25, 0.3) is 0 Å². The number of benzene rings is 2. The predicted molar refractivity (Wildman–Crippen MR) is 85.7 cm³/mol. The molecule has 0 fully saturated rings. The molecule has 2 rings (SSSR count). The zero-order chi connectivity index (χ0) is 15.4. The van der Waals surface area contributed by atoms with Gasteiger partial charge in [0.05, 0.1) is 7.11 Å². The molecule has 0 saturated heterocycles. The molecule has 2 aromatic rings. The van der Waals surface area contributed by atoms with Gasteiger partial charge in [-0.15, -0.1) is 0 Å². The first kappa shape index (κ1) is 15.4. The van der Waals surface area contributed by atoms with Crippen molar-refractivity contribution in [3.63, 3.8) is 0 Å². The summed E-state index contributed by atoms with van der Waals surface area (Å²) in [6.07, 6.45) is 0. The second-order valence-corrected chi connectivity index (χ2v) is 5.47. The van der Waals surface area contributed by atoms with Gasteiger partial charge in [-0.2, -0.15) is 0 Å². The van der Waals surface area contributed by atoms with E-state index >= 15 is 0 Å². The topological polar surface area (TPSA) is 32.7 Å². The smallest absolute Gasteiger partial charge is 0.123 e. The highest BCUT2D eigenvalue weighted by Crippen LogP contribution is 2.30. The van der Waals surface area contributed by atoms with Crippen molar-refractivity contribution in [1.29, 1.82) is 0 Å². The van der Waals surface area contributed by atoms with Gasteiger partial charge in [-0.25, -0.2) is 0 Å². The van der Waals surface area contributed by atoms with E-state index in [0.29, 0.717) is 12.3 Å². The van der Waals surface area contributed by atoms with Gasteiger partial charge in [-0.1, -0.05) is 35.9 Å². The molecule has 112 valence electrons. The maximum atomic E-state index is 9.99. The summed E-state index contributed by atoms with van der Waals surface area (Å²) >= 11 is 0. The summed E-state index contributed by atoms with van der Waals surface area (Å²) in [5, 5.41) is 9.99. The van der Waals surface area contributed by atoms with E-state index in [1.54, 1.807) is 13.2 Å². The first-order chi connectivity index (χ1) is 10.0. The van der Waals surface area contributed by atoms with Crippen molar-refractivity contribution >= 4 is 0 Å². The minimum absolute atomic E-state index is 0.195.